The molecule has 3 rings (SSSR count). The van der Waals surface area contributed by atoms with Gasteiger partial charge in [-0.25, -0.2) is 4.98 Å². The van der Waals surface area contributed by atoms with E-state index in [9.17, 15) is 9.90 Å². The van der Waals surface area contributed by atoms with E-state index < -0.39 is 5.97 Å². The molecule has 0 bridgehead atoms. The Hall–Kier alpha value is -1.96. The highest BCUT2D eigenvalue weighted by Gasteiger charge is 2.42. The molecule has 0 aliphatic carbocycles. The molecule has 1 fully saturated rings. The van der Waals surface area contributed by atoms with Crippen molar-refractivity contribution in [1.82, 2.24) is 9.88 Å². The van der Waals surface area contributed by atoms with E-state index in [0.717, 1.165) is 42.1 Å². The van der Waals surface area contributed by atoms with Crippen LogP contribution in [0.1, 0.15) is 35.4 Å². The summed E-state index contributed by atoms with van der Waals surface area (Å²) in [5.41, 5.74) is 1.71. The highest BCUT2D eigenvalue weighted by Crippen LogP contribution is 2.47. The molecule has 27 heavy (non-hydrogen) atoms. The molecule has 1 aliphatic heterocycles. The summed E-state index contributed by atoms with van der Waals surface area (Å²) in [5, 5.41) is 22.5. The van der Waals surface area contributed by atoms with Crippen molar-refractivity contribution in [2.75, 3.05) is 33.4 Å². The van der Waals surface area contributed by atoms with Crippen LogP contribution in [0.2, 0.25) is 0 Å². The number of piperidine rings is 1. The van der Waals surface area contributed by atoms with Gasteiger partial charge in [-0.2, -0.15) is 0 Å². The number of carbonyl (C=O) groups is 1. The number of rotatable bonds is 8. The van der Waals surface area contributed by atoms with Crippen LogP contribution < -0.4 is 0 Å². The Kier molecular flexibility index (Phi) is 6.46. The number of phenols is 1. The molecule has 0 radical (unpaired) electrons. The fraction of sp³-hybridized carbons (Fsp3) is 0.500. The molecule has 0 spiro atoms. The summed E-state index contributed by atoms with van der Waals surface area (Å²) < 4.78 is 5.49. The van der Waals surface area contributed by atoms with Crippen LogP contribution in [0.25, 0.3) is 0 Å². The lowest BCUT2D eigenvalue weighted by Gasteiger charge is -2.41. The van der Waals surface area contributed by atoms with E-state index in [1.54, 1.807) is 17.4 Å². The van der Waals surface area contributed by atoms with E-state index in [1.807, 2.05) is 23.7 Å². The lowest BCUT2D eigenvalue weighted by Crippen LogP contribution is -2.42. The number of likely N-dealkylation sites (tertiary alicyclic amines) is 1. The lowest BCUT2D eigenvalue weighted by molar-refractivity contribution is -0.138. The summed E-state index contributed by atoms with van der Waals surface area (Å²) in [5.74, 6) is -0.556. The summed E-state index contributed by atoms with van der Waals surface area (Å²) >= 11 is 1.64. The summed E-state index contributed by atoms with van der Waals surface area (Å²) in [6.07, 6.45) is 4.27. The molecule has 0 unspecified atom stereocenters. The Labute approximate surface area is 163 Å². The largest absolute Gasteiger partial charge is 0.508 e. The van der Waals surface area contributed by atoms with Crippen molar-refractivity contribution >= 4 is 17.3 Å². The third-order valence-corrected chi connectivity index (χ3v) is 6.24. The van der Waals surface area contributed by atoms with Crippen LogP contribution in [-0.4, -0.2) is 59.4 Å². The standard InChI is InChI=1S/C20H26N2O4S/c1-22-10-7-20(8-11-22,19-21-9-14-27-19)18-15(3-2-4-16(18)23)5-12-26-13-6-17(24)25/h2-4,9,14,23H,5-8,10-13H2,1H3,(H,24,25). The zero-order valence-corrected chi connectivity index (χ0v) is 16.4. The van der Waals surface area contributed by atoms with Gasteiger partial charge in [0, 0.05) is 17.1 Å². The van der Waals surface area contributed by atoms with Crippen molar-refractivity contribution in [1.29, 1.82) is 0 Å². The molecule has 1 saturated heterocycles. The van der Waals surface area contributed by atoms with Crippen molar-refractivity contribution in [3.63, 3.8) is 0 Å². The first-order chi connectivity index (χ1) is 13.0. The predicted octanol–water partition coefficient (Wildman–Crippen LogP) is 2.89. The second-order valence-corrected chi connectivity index (χ2v) is 7.93. The number of hydrogen-bond acceptors (Lipinski definition) is 6. The van der Waals surface area contributed by atoms with Gasteiger partial charge in [-0.3, -0.25) is 4.79 Å². The van der Waals surface area contributed by atoms with Crippen LogP contribution in [0.3, 0.4) is 0 Å². The summed E-state index contributed by atoms with van der Waals surface area (Å²) in [6.45, 7) is 2.52. The van der Waals surface area contributed by atoms with Gasteiger partial charge in [0.05, 0.1) is 25.0 Å². The number of carboxylic acids is 1. The third kappa shape index (κ3) is 4.48. The maximum atomic E-state index is 10.8. The molecule has 2 aromatic rings. The third-order valence-electron chi connectivity index (χ3n) is 5.27. The van der Waals surface area contributed by atoms with E-state index in [-0.39, 0.29) is 18.4 Å². The van der Waals surface area contributed by atoms with E-state index in [1.165, 1.54) is 0 Å². The van der Waals surface area contributed by atoms with Crippen molar-refractivity contribution in [3.05, 3.63) is 45.9 Å². The molecule has 2 heterocycles. The van der Waals surface area contributed by atoms with Crippen LogP contribution in [-0.2, 0) is 21.4 Å². The maximum absolute atomic E-state index is 10.8. The minimum Gasteiger partial charge on any atom is -0.508 e. The summed E-state index contributed by atoms with van der Waals surface area (Å²) in [6, 6.07) is 5.64. The number of nitrogens with zero attached hydrogens (tertiary/aromatic N) is 2. The molecule has 6 nitrogen and oxygen atoms in total. The fourth-order valence-corrected chi connectivity index (χ4v) is 4.73. The van der Waals surface area contributed by atoms with Gasteiger partial charge in [0.1, 0.15) is 10.8 Å². The molecular weight excluding hydrogens is 364 g/mol. The number of aromatic nitrogens is 1. The molecule has 2 N–H and O–H groups in total. The average molecular weight is 391 g/mol. The van der Waals surface area contributed by atoms with Crippen molar-refractivity contribution in [3.8, 4) is 5.75 Å². The molecular formula is C20H26N2O4S. The normalized spacial score (nSPS) is 17.1. The van der Waals surface area contributed by atoms with Gasteiger partial charge in [0.25, 0.3) is 0 Å². The predicted molar refractivity (Wildman–Crippen MR) is 105 cm³/mol. The molecule has 146 valence electrons. The highest BCUT2D eigenvalue weighted by atomic mass is 32.1. The zero-order valence-electron chi connectivity index (χ0n) is 15.6. The number of benzene rings is 1. The monoisotopic (exact) mass is 390 g/mol. The number of aliphatic carboxylic acids is 1. The van der Waals surface area contributed by atoms with Gasteiger partial charge in [-0.15, -0.1) is 11.3 Å². The molecule has 0 amide bonds. The maximum Gasteiger partial charge on any atom is 0.305 e. The Bertz CT molecular complexity index is 755. The number of phenolic OH excluding ortho intramolecular Hbond substituents is 1. The van der Waals surface area contributed by atoms with Crippen LogP contribution in [0.4, 0.5) is 0 Å². The Morgan fingerprint density at radius 3 is 2.78 bits per heavy atom. The number of thiazole rings is 1. The molecule has 1 aliphatic rings. The summed E-state index contributed by atoms with van der Waals surface area (Å²) in [7, 11) is 2.12. The quantitative estimate of drug-likeness (QED) is 0.675. The van der Waals surface area contributed by atoms with Crippen molar-refractivity contribution in [2.45, 2.75) is 31.1 Å². The molecule has 1 aromatic carbocycles. The van der Waals surface area contributed by atoms with Crippen LogP contribution in [0, 0.1) is 0 Å². The van der Waals surface area contributed by atoms with Crippen molar-refractivity contribution in [2.24, 2.45) is 0 Å². The number of carboxylic acid groups (broad SMARTS) is 1. The Morgan fingerprint density at radius 1 is 1.33 bits per heavy atom. The second kappa shape index (κ2) is 8.82. The molecule has 1 aromatic heterocycles. The second-order valence-electron chi connectivity index (χ2n) is 7.04. The number of ether oxygens (including phenoxy) is 1. The first-order valence-corrected chi connectivity index (χ1v) is 10.1. The van der Waals surface area contributed by atoms with Crippen LogP contribution >= 0.6 is 11.3 Å². The van der Waals surface area contributed by atoms with Crippen LogP contribution in [0.5, 0.6) is 5.75 Å². The number of aromatic hydroxyl groups is 1. The van der Waals surface area contributed by atoms with E-state index >= 15 is 0 Å². The average Bonchev–Trinajstić information content (AvgIpc) is 3.18. The minimum atomic E-state index is -0.859. The minimum absolute atomic E-state index is 0.00227. The van der Waals surface area contributed by atoms with Crippen LogP contribution in [0.15, 0.2) is 29.8 Å². The lowest BCUT2D eigenvalue weighted by atomic mass is 9.70. The molecule has 7 heteroatoms. The Balaban J connectivity index is 1.87. The molecule has 0 saturated carbocycles. The summed E-state index contributed by atoms with van der Waals surface area (Å²) in [4.78, 5) is 17.5. The van der Waals surface area contributed by atoms with E-state index in [0.29, 0.717) is 18.8 Å². The topological polar surface area (TPSA) is 82.9 Å². The van der Waals surface area contributed by atoms with E-state index in [2.05, 4.69) is 16.9 Å². The van der Waals surface area contributed by atoms with E-state index in [4.69, 9.17) is 9.84 Å². The number of hydrogen-bond donors (Lipinski definition) is 2. The van der Waals surface area contributed by atoms with Gasteiger partial charge in [-0.05, 0) is 51.0 Å². The Morgan fingerprint density at radius 2 is 2.11 bits per heavy atom. The van der Waals surface area contributed by atoms with Gasteiger partial charge < -0.3 is 19.8 Å². The van der Waals surface area contributed by atoms with Gasteiger partial charge in [0.15, 0.2) is 0 Å². The van der Waals surface area contributed by atoms with Gasteiger partial charge in [0.2, 0.25) is 0 Å². The zero-order chi connectivity index (χ0) is 19.3. The fourth-order valence-electron chi connectivity index (χ4n) is 3.82. The molecule has 0 atom stereocenters. The van der Waals surface area contributed by atoms with Crippen molar-refractivity contribution < 1.29 is 19.7 Å². The highest BCUT2D eigenvalue weighted by molar-refractivity contribution is 7.09. The van der Waals surface area contributed by atoms with Gasteiger partial charge in [-0.1, -0.05) is 12.1 Å². The smallest absolute Gasteiger partial charge is 0.305 e. The SMILES string of the molecule is CN1CCC(c2nccs2)(c2c(O)cccc2CCOCCC(=O)O)CC1. The first kappa shape index (κ1) is 19.8. The van der Waals surface area contributed by atoms with Gasteiger partial charge >= 0.3 is 5.97 Å². The first-order valence-electron chi connectivity index (χ1n) is 9.22.